The molecule has 0 radical (unpaired) electrons. The Balaban J connectivity index is 2.05. The standard InChI is InChI=1S/C27H22O2/c1-29-25-18-14-23(15-19-25)27(22-12-16-24(28)17-13-22)26(20-8-4-2-5-9-20)21-10-6-3-7-11-21/h2-19,28H,1H3. The first-order chi connectivity index (χ1) is 14.3. The second-order valence-corrected chi connectivity index (χ2v) is 6.76. The number of benzene rings is 4. The largest absolute Gasteiger partial charge is 0.508 e. The molecule has 0 unspecified atom stereocenters. The van der Waals surface area contributed by atoms with Gasteiger partial charge in [-0.1, -0.05) is 84.9 Å². The minimum Gasteiger partial charge on any atom is -0.508 e. The first-order valence-corrected chi connectivity index (χ1v) is 9.55. The number of aromatic hydroxyl groups is 1. The molecule has 1 N–H and O–H groups in total. The van der Waals surface area contributed by atoms with E-state index in [-0.39, 0.29) is 5.75 Å². The highest BCUT2D eigenvalue weighted by Crippen LogP contribution is 2.37. The van der Waals surface area contributed by atoms with Crippen LogP contribution in [0.25, 0.3) is 11.1 Å². The summed E-state index contributed by atoms with van der Waals surface area (Å²) in [5.41, 5.74) is 6.64. The van der Waals surface area contributed by atoms with Crippen molar-refractivity contribution in [2.75, 3.05) is 7.11 Å². The molecule has 4 aromatic rings. The molecule has 0 aromatic heterocycles. The monoisotopic (exact) mass is 378 g/mol. The van der Waals surface area contributed by atoms with E-state index in [1.165, 1.54) is 0 Å². The molecule has 4 aromatic carbocycles. The number of phenolic OH excluding ortho intramolecular Hbond substituents is 1. The van der Waals surface area contributed by atoms with Gasteiger partial charge in [-0.15, -0.1) is 0 Å². The Bertz CT molecular complexity index is 1050. The van der Waals surface area contributed by atoms with Crippen LogP contribution in [-0.4, -0.2) is 12.2 Å². The normalized spacial score (nSPS) is 10.4. The third kappa shape index (κ3) is 4.07. The molecule has 29 heavy (non-hydrogen) atoms. The zero-order valence-corrected chi connectivity index (χ0v) is 16.2. The highest BCUT2D eigenvalue weighted by Gasteiger charge is 2.16. The Kier molecular flexibility index (Phi) is 5.44. The molecule has 0 aliphatic rings. The van der Waals surface area contributed by atoms with Crippen LogP contribution in [0.3, 0.4) is 0 Å². The molecule has 0 fully saturated rings. The van der Waals surface area contributed by atoms with Crippen molar-refractivity contribution in [2.24, 2.45) is 0 Å². The van der Waals surface area contributed by atoms with E-state index in [0.29, 0.717) is 0 Å². The predicted molar refractivity (Wildman–Crippen MR) is 119 cm³/mol. The zero-order chi connectivity index (χ0) is 20.1. The molecule has 142 valence electrons. The second-order valence-electron chi connectivity index (χ2n) is 6.76. The van der Waals surface area contributed by atoms with Crippen molar-refractivity contribution in [2.45, 2.75) is 0 Å². The van der Waals surface area contributed by atoms with Crippen LogP contribution in [0.15, 0.2) is 109 Å². The Morgan fingerprint density at radius 3 is 1.31 bits per heavy atom. The number of hydrogen-bond acceptors (Lipinski definition) is 2. The summed E-state index contributed by atoms with van der Waals surface area (Å²) >= 11 is 0. The van der Waals surface area contributed by atoms with Gasteiger partial charge in [0, 0.05) is 0 Å². The number of hydrogen-bond donors (Lipinski definition) is 1. The molecular formula is C27H22O2. The molecular weight excluding hydrogens is 356 g/mol. The topological polar surface area (TPSA) is 29.5 Å². The quantitative estimate of drug-likeness (QED) is 0.407. The fourth-order valence-electron chi connectivity index (χ4n) is 3.51. The van der Waals surface area contributed by atoms with Gasteiger partial charge in [-0.05, 0) is 57.7 Å². The predicted octanol–water partition coefficient (Wildman–Crippen LogP) is 6.41. The Morgan fingerprint density at radius 2 is 0.897 bits per heavy atom. The van der Waals surface area contributed by atoms with Crippen LogP contribution in [0.4, 0.5) is 0 Å². The van der Waals surface area contributed by atoms with Crippen molar-refractivity contribution >= 4 is 11.1 Å². The molecule has 0 saturated heterocycles. The molecule has 0 aliphatic heterocycles. The third-order valence-electron chi connectivity index (χ3n) is 4.91. The molecule has 0 bridgehead atoms. The summed E-state index contributed by atoms with van der Waals surface area (Å²) in [4.78, 5) is 0. The second kappa shape index (κ2) is 8.49. The van der Waals surface area contributed by atoms with Gasteiger partial charge in [0.05, 0.1) is 7.11 Å². The smallest absolute Gasteiger partial charge is 0.118 e. The molecule has 0 saturated carbocycles. The summed E-state index contributed by atoms with van der Waals surface area (Å²) in [7, 11) is 1.67. The van der Waals surface area contributed by atoms with E-state index < -0.39 is 0 Å². The molecule has 4 rings (SSSR count). The minimum atomic E-state index is 0.254. The van der Waals surface area contributed by atoms with E-state index >= 15 is 0 Å². The fourth-order valence-corrected chi connectivity index (χ4v) is 3.51. The van der Waals surface area contributed by atoms with E-state index in [1.54, 1.807) is 19.2 Å². The van der Waals surface area contributed by atoms with Crippen molar-refractivity contribution in [3.8, 4) is 11.5 Å². The first-order valence-electron chi connectivity index (χ1n) is 9.55. The van der Waals surface area contributed by atoms with Gasteiger partial charge in [-0.2, -0.15) is 0 Å². The van der Waals surface area contributed by atoms with Crippen LogP contribution in [0, 0.1) is 0 Å². The van der Waals surface area contributed by atoms with E-state index in [2.05, 4.69) is 60.7 Å². The molecule has 0 amide bonds. The lowest BCUT2D eigenvalue weighted by Crippen LogP contribution is -1.97. The highest BCUT2D eigenvalue weighted by atomic mass is 16.5. The summed E-state index contributed by atoms with van der Waals surface area (Å²) in [6.45, 7) is 0. The van der Waals surface area contributed by atoms with Crippen LogP contribution in [0.2, 0.25) is 0 Å². The van der Waals surface area contributed by atoms with Crippen LogP contribution in [0.1, 0.15) is 22.3 Å². The van der Waals surface area contributed by atoms with E-state index in [9.17, 15) is 5.11 Å². The lowest BCUT2D eigenvalue weighted by atomic mass is 9.86. The van der Waals surface area contributed by atoms with Crippen molar-refractivity contribution < 1.29 is 9.84 Å². The summed E-state index contributed by atoms with van der Waals surface area (Å²) in [5, 5.41) is 9.82. The van der Waals surface area contributed by atoms with Gasteiger partial charge in [-0.25, -0.2) is 0 Å². The van der Waals surface area contributed by atoms with Gasteiger partial charge in [0.15, 0.2) is 0 Å². The number of ether oxygens (including phenoxy) is 1. The van der Waals surface area contributed by atoms with Crippen LogP contribution in [-0.2, 0) is 0 Å². The molecule has 0 atom stereocenters. The maximum absolute atomic E-state index is 9.82. The average molecular weight is 378 g/mol. The maximum Gasteiger partial charge on any atom is 0.118 e. The fraction of sp³-hybridized carbons (Fsp3) is 0.0370. The van der Waals surface area contributed by atoms with Crippen LogP contribution >= 0.6 is 0 Å². The van der Waals surface area contributed by atoms with Gasteiger partial charge in [0.1, 0.15) is 11.5 Å². The maximum atomic E-state index is 9.82. The SMILES string of the molecule is COc1ccc(C(=C(c2ccccc2)c2ccccc2)c2ccc(O)cc2)cc1. The Labute approximate surface area is 171 Å². The molecule has 0 aliphatic carbocycles. The molecule has 2 nitrogen and oxygen atoms in total. The van der Waals surface area contributed by atoms with Crippen molar-refractivity contribution in [1.29, 1.82) is 0 Å². The summed E-state index contributed by atoms with van der Waals surface area (Å²) in [6, 6.07) is 36.3. The Morgan fingerprint density at radius 1 is 0.517 bits per heavy atom. The van der Waals surface area contributed by atoms with Crippen LogP contribution < -0.4 is 4.74 Å². The molecule has 2 heteroatoms. The van der Waals surface area contributed by atoms with E-state index in [1.807, 2.05) is 36.4 Å². The first kappa shape index (κ1) is 18.6. The number of phenols is 1. The number of rotatable bonds is 5. The van der Waals surface area contributed by atoms with Crippen molar-refractivity contribution in [3.63, 3.8) is 0 Å². The lowest BCUT2D eigenvalue weighted by Gasteiger charge is -2.18. The molecule has 0 spiro atoms. The van der Waals surface area contributed by atoms with E-state index in [0.717, 1.165) is 39.1 Å². The summed E-state index contributed by atoms with van der Waals surface area (Å²) in [5.74, 6) is 1.07. The van der Waals surface area contributed by atoms with Gasteiger partial charge in [0.25, 0.3) is 0 Å². The van der Waals surface area contributed by atoms with Crippen molar-refractivity contribution in [1.82, 2.24) is 0 Å². The third-order valence-corrected chi connectivity index (χ3v) is 4.91. The van der Waals surface area contributed by atoms with Gasteiger partial charge in [-0.3, -0.25) is 0 Å². The summed E-state index contributed by atoms with van der Waals surface area (Å²) < 4.78 is 5.35. The lowest BCUT2D eigenvalue weighted by molar-refractivity contribution is 0.415. The molecule has 0 heterocycles. The zero-order valence-electron chi connectivity index (χ0n) is 16.2. The van der Waals surface area contributed by atoms with Gasteiger partial charge in [0.2, 0.25) is 0 Å². The highest BCUT2D eigenvalue weighted by molar-refractivity contribution is 6.04. The number of methoxy groups -OCH3 is 1. The van der Waals surface area contributed by atoms with Crippen LogP contribution in [0.5, 0.6) is 11.5 Å². The van der Waals surface area contributed by atoms with E-state index in [4.69, 9.17) is 4.74 Å². The minimum absolute atomic E-state index is 0.254. The Hall–Kier alpha value is -3.78. The van der Waals surface area contributed by atoms with Crippen molar-refractivity contribution in [3.05, 3.63) is 131 Å². The van der Waals surface area contributed by atoms with Gasteiger partial charge >= 0.3 is 0 Å². The summed E-state index contributed by atoms with van der Waals surface area (Å²) in [6.07, 6.45) is 0. The van der Waals surface area contributed by atoms with Gasteiger partial charge < -0.3 is 9.84 Å². The average Bonchev–Trinajstić information content (AvgIpc) is 2.79.